The van der Waals surface area contributed by atoms with Crippen LogP contribution in [0.25, 0.3) is 0 Å². The number of carbonyl (C=O) groups excluding carboxylic acids is 1. The molecule has 2 heterocycles. The van der Waals surface area contributed by atoms with Gasteiger partial charge in [-0.05, 0) is 44.9 Å². The number of hydrogen-bond acceptors (Lipinski definition) is 4. The third kappa shape index (κ3) is 3.24. The number of hydrogen-bond donors (Lipinski definition) is 1. The van der Waals surface area contributed by atoms with Gasteiger partial charge < -0.3 is 10.2 Å². The zero-order valence-corrected chi connectivity index (χ0v) is 13.0. The van der Waals surface area contributed by atoms with E-state index in [4.69, 9.17) is 0 Å². The first-order valence-electron chi connectivity index (χ1n) is 7.60. The fourth-order valence-corrected chi connectivity index (χ4v) is 2.58. The minimum Gasteiger partial charge on any atom is -0.337 e. The second-order valence-electron chi connectivity index (χ2n) is 5.71. The molecular formula is C17H20N4O. The quantitative estimate of drug-likeness (QED) is 0.945. The van der Waals surface area contributed by atoms with E-state index in [9.17, 15) is 4.79 Å². The van der Waals surface area contributed by atoms with Crippen LogP contribution in [-0.2, 0) is 0 Å². The van der Waals surface area contributed by atoms with Gasteiger partial charge in [-0.15, -0.1) is 0 Å². The lowest BCUT2D eigenvalue weighted by atomic mass is 10.2. The van der Waals surface area contributed by atoms with E-state index < -0.39 is 0 Å². The molecule has 1 aliphatic rings. The number of amides is 1. The van der Waals surface area contributed by atoms with Gasteiger partial charge in [0.2, 0.25) is 5.95 Å². The van der Waals surface area contributed by atoms with Crippen molar-refractivity contribution in [1.29, 1.82) is 0 Å². The maximum Gasteiger partial charge on any atom is 0.272 e. The van der Waals surface area contributed by atoms with Crippen LogP contribution in [0.15, 0.2) is 30.3 Å². The summed E-state index contributed by atoms with van der Waals surface area (Å²) in [5.74, 6) is 0.460. The summed E-state index contributed by atoms with van der Waals surface area (Å²) in [6.45, 7) is 5.56. The largest absolute Gasteiger partial charge is 0.337 e. The summed E-state index contributed by atoms with van der Waals surface area (Å²) < 4.78 is 0. The minimum absolute atomic E-state index is 0.00467. The first-order chi connectivity index (χ1) is 10.6. The van der Waals surface area contributed by atoms with Crippen molar-refractivity contribution in [2.45, 2.75) is 26.7 Å². The molecule has 114 valence electrons. The molecule has 0 aliphatic carbocycles. The van der Waals surface area contributed by atoms with Gasteiger partial charge in [0, 0.05) is 24.5 Å². The molecule has 0 saturated carbocycles. The number of rotatable bonds is 3. The van der Waals surface area contributed by atoms with Crippen LogP contribution in [0, 0.1) is 13.8 Å². The standard InChI is InChI=1S/C17H20N4O/c1-12-5-7-14(8-6-12)19-17-18-13(2)11-15(20-17)16(22)21-9-3-4-10-21/h5-8,11H,3-4,9-10H2,1-2H3,(H,18,19,20). The predicted molar refractivity (Wildman–Crippen MR) is 86.4 cm³/mol. The number of anilines is 2. The minimum atomic E-state index is -0.00467. The van der Waals surface area contributed by atoms with E-state index >= 15 is 0 Å². The van der Waals surface area contributed by atoms with Gasteiger partial charge in [0.15, 0.2) is 0 Å². The van der Waals surface area contributed by atoms with E-state index in [0.29, 0.717) is 11.6 Å². The number of likely N-dealkylation sites (tertiary alicyclic amines) is 1. The lowest BCUT2D eigenvalue weighted by molar-refractivity contribution is 0.0787. The van der Waals surface area contributed by atoms with Crippen LogP contribution < -0.4 is 5.32 Å². The van der Waals surface area contributed by atoms with Crippen molar-refractivity contribution in [1.82, 2.24) is 14.9 Å². The fourth-order valence-electron chi connectivity index (χ4n) is 2.58. The molecule has 5 heteroatoms. The Bertz CT molecular complexity index is 676. The van der Waals surface area contributed by atoms with Crippen LogP contribution in [0.4, 0.5) is 11.6 Å². The van der Waals surface area contributed by atoms with Gasteiger partial charge in [-0.25, -0.2) is 9.97 Å². The molecule has 0 spiro atoms. The molecule has 0 atom stereocenters. The molecule has 1 aliphatic heterocycles. The Balaban J connectivity index is 1.82. The van der Waals surface area contributed by atoms with Crippen molar-refractivity contribution in [2.24, 2.45) is 0 Å². The highest BCUT2D eigenvalue weighted by Crippen LogP contribution is 2.17. The predicted octanol–water partition coefficient (Wildman–Crippen LogP) is 3.07. The monoisotopic (exact) mass is 296 g/mol. The third-order valence-electron chi connectivity index (χ3n) is 3.77. The summed E-state index contributed by atoms with van der Waals surface area (Å²) in [5.41, 5.74) is 3.35. The van der Waals surface area contributed by atoms with E-state index in [1.54, 1.807) is 6.07 Å². The number of nitrogens with zero attached hydrogens (tertiary/aromatic N) is 3. The van der Waals surface area contributed by atoms with Crippen LogP contribution in [0.3, 0.4) is 0 Å². The highest BCUT2D eigenvalue weighted by molar-refractivity contribution is 5.92. The van der Waals surface area contributed by atoms with E-state index in [1.807, 2.05) is 43.0 Å². The fraction of sp³-hybridized carbons (Fsp3) is 0.353. The van der Waals surface area contributed by atoms with Crippen LogP contribution in [0.5, 0.6) is 0 Å². The average molecular weight is 296 g/mol. The number of benzene rings is 1. The van der Waals surface area contributed by atoms with Gasteiger partial charge in [-0.2, -0.15) is 0 Å². The summed E-state index contributed by atoms with van der Waals surface area (Å²) >= 11 is 0. The van der Waals surface area contributed by atoms with Crippen molar-refractivity contribution in [3.63, 3.8) is 0 Å². The topological polar surface area (TPSA) is 58.1 Å². The normalized spacial score (nSPS) is 14.2. The highest BCUT2D eigenvalue weighted by Gasteiger charge is 2.21. The van der Waals surface area contributed by atoms with Gasteiger partial charge in [0.05, 0.1) is 0 Å². The first-order valence-corrected chi connectivity index (χ1v) is 7.60. The lowest BCUT2D eigenvalue weighted by Crippen LogP contribution is -2.28. The van der Waals surface area contributed by atoms with Crippen molar-refractivity contribution in [3.8, 4) is 0 Å². The molecule has 0 radical (unpaired) electrons. The second-order valence-corrected chi connectivity index (χ2v) is 5.71. The number of carbonyl (C=O) groups is 1. The number of aryl methyl sites for hydroxylation is 2. The zero-order chi connectivity index (χ0) is 15.5. The molecule has 1 aromatic carbocycles. The van der Waals surface area contributed by atoms with Gasteiger partial charge in [0.1, 0.15) is 5.69 Å². The Hall–Kier alpha value is -2.43. The van der Waals surface area contributed by atoms with Gasteiger partial charge in [-0.1, -0.05) is 17.7 Å². The Morgan fingerprint density at radius 3 is 2.45 bits per heavy atom. The Morgan fingerprint density at radius 2 is 1.77 bits per heavy atom. The molecule has 1 saturated heterocycles. The molecule has 2 aromatic rings. The SMILES string of the molecule is Cc1ccc(Nc2nc(C)cc(C(=O)N3CCCC3)n2)cc1. The second kappa shape index (κ2) is 6.13. The van der Waals surface area contributed by atoms with E-state index in [-0.39, 0.29) is 5.91 Å². The molecule has 1 fully saturated rings. The van der Waals surface area contributed by atoms with E-state index in [0.717, 1.165) is 37.3 Å². The summed E-state index contributed by atoms with van der Waals surface area (Å²) in [6, 6.07) is 9.75. The average Bonchev–Trinajstić information content (AvgIpc) is 3.02. The molecule has 0 bridgehead atoms. The summed E-state index contributed by atoms with van der Waals surface area (Å²) in [5, 5.41) is 3.16. The first kappa shape index (κ1) is 14.5. The van der Waals surface area contributed by atoms with Gasteiger partial charge in [-0.3, -0.25) is 4.79 Å². The molecule has 0 unspecified atom stereocenters. The zero-order valence-electron chi connectivity index (χ0n) is 13.0. The van der Waals surface area contributed by atoms with Gasteiger partial charge >= 0.3 is 0 Å². The van der Waals surface area contributed by atoms with Crippen molar-refractivity contribution in [3.05, 3.63) is 47.3 Å². The third-order valence-corrected chi connectivity index (χ3v) is 3.77. The highest BCUT2D eigenvalue weighted by atomic mass is 16.2. The smallest absolute Gasteiger partial charge is 0.272 e. The number of aromatic nitrogens is 2. The maximum atomic E-state index is 12.5. The number of nitrogens with one attached hydrogen (secondary N) is 1. The molecule has 22 heavy (non-hydrogen) atoms. The van der Waals surface area contributed by atoms with Crippen molar-refractivity contribution >= 4 is 17.5 Å². The van der Waals surface area contributed by atoms with Crippen molar-refractivity contribution in [2.75, 3.05) is 18.4 Å². The Morgan fingerprint density at radius 1 is 1.09 bits per heavy atom. The van der Waals surface area contributed by atoms with Crippen LogP contribution in [0.1, 0.15) is 34.6 Å². The Labute approximate surface area is 130 Å². The summed E-state index contributed by atoms with van der Waals surface area (Å²) in [7, 11) is 0. The Kier molecular flexibility index (Phi) is 4.04. The van der Waals surface area contributed by atoms with Crippen molar-refractivity contribution < 1.29 is 4.79 Å². The van der Waals surface area contributed by atoms with Crippen LogP contribution in [0.2, 0.25) is 0 Å². The van der Waals surface area contributed by atoms with E-state index in [2.05, 4.69) is 15.3 Å². The molecule has 1 aromatic heterocycles. The lowest BCUT2D eigenvalue weighted by Gasteiger charge is -2.15. The molecular weight excluding hydrogens is 276 g/mol. The molecule has 5 nitrogen and oxygen atoms in total. The van der Waals surface area contributed by atoms with Crippen LogP contribution >= 0.6 is 0 Å². The van der Waals surface area contributed by atoms with Gasteiger partial charge in [0.25, 0.3) is 5.91 Å². The summed E-state index contributed by atoms with van der Waals surface area (Å²) in [4.78, 5) is 23.1. The molecule has 3 rings (SSSR count). The molecule has 1 N–H and O–H groups in total. The molecule has 1 amide bonds. The van der Waals surface area contributed by atoms with E-state index in [1.165, 1.54) is 5.56 Å². The maximum absolute atomic E-state index is 12.5. The summed E-state index contributed by atoms with van der Waals surface area (Å²) in [6.07, 6.45) is 2.15. The van der Waals surface area contributed by atoms with Crippen LogP contribution in [-0.4, -0.2) is 33.9 Å².